The molecule has 2 rings (SSSR count). The monoisotopic (exact) mass is 388 g/mol. The van der Waals surface area contributed by atoms with Crippen molar-refractivity contribution in [2.24, 2.45) is 11.8 Å². The first-order valence-electron chi connectivity index (χ1n) is 10.4. The van der Waals surface area contributed by atoms with Gasteiger partial charge in [0.2, 0.25) is 0 Å². The lowest BCUT2D eigenvalue weighted by molar-refractivity contribution is -0.125. The molecule has 1 saturated carbocycles. The van der Waals surface area contributed by atoms with Crippen LogP contribution in [-0.2, 0) is 4.79 Å². The lowest BCUT2D eigenvalue weighted by Gasteiger charge is -2.42. The summed E-state index contributed by atoms with van der Waals surface area (Å²) in [6.45, 7) is 21.6. The molecule has 0 spiro atoms. The van der Waals surface area contributed by atoms with Crippen molar-refractivity contribution >= 4 is 27.1 Å². The predicted molar refractivity (Wildman–Crippen MR) is 121 cm³/mol. The Balaban J connectivity index is 2.43. The van der Waals surface area contributed by atoms with Crippen LogP contribution in [0, 0.1) is 11.8 Å². The maximum atomic E-state index is 13.2. The van der Waals surface area contributed by atoms with Crippen LogP contribution in [0.2, 0.25) is 42.3 Å². The molecule has 1 aromatic rings. The van der Waals surface area contributed by atoms with E-state index in [1.807, 2.05) is 0 Å². The number of hydrogen-bond donors (Lipinski definition) is 0. The molecule has 0 bridgehead atoms. The highest BCUT2D eigenvalue weighted by atomic mass is 28.3. The molecule has 0 heterocycles. The van der Waals surface area contributed by atoms with Gasteiger partial charge in [0.1, 0.15) is 5.78 Å². The van der Waals surface area contributed by atoms with Crippen LogP contribution in [0.3, 0.4) is 0 Å². The molecule has 0 radical (unpaired) electrons. The smallest absolute Gasteiger partial charge is 0.138 e. The summed E-state index contributed by atoms with van der Waals surface area (Å²) in [4.78, 5) is 13.2. The van der Waals surface area contributed by atoms with Gasteiger partial charge < -0.3 is 0 Å². The maximum Gasteiger partial charge on any atom is 0.138 e. The zero-order valence-electron chi connectivity index (χ0n) is 18.5. The molecule has 1 aromatic carbocycles. The molecule has 0 aromatic heterocycles. The van der Waals surface area contributed by atoms with E-state index >= 15 is 0 Å². The molecule has 0 amide bonds. The van der Waals surface area contributed by atoms with Crippen molar-refractivity contribution in [1.29, 1.82) is 0 Å². The Labute approximate surface area is 164 Å². The van der Waals surface area contributed by atoms with E-state index in [0.29, 0.717) is 16.4 Å². The van der Waals surface area contributed by atoms with Crippen LogP contribution in [0.4, 0.5) is 0 Å². The highest BCUT2D eigenvalue weighted by Gasteiger charge is 2.53. The molecule has 3 atom stereocenters. The molecule has 0 unspecified atom stereocenters. The van der Waals surface area contributed by atoms with Gasteiger partial charge in [-0.25, -0.2) is 0 Å². The topological polar surface area (TPSA) is 17.1 Å². The average Bonchev–Trinajstić information content (AvgIpc) is 3.00. The molecule has 0 saturated heterocycles. The van der Waals surface area contributed by atoms with Crippen molar-refractivity contribution in [3.63, 3.8) is 0 Å². The van der Waals surface area contributed by atoms with E-state index in [1.165, 1.54) is 11.6 Å². The molecule has 3 heteroatoms. The first-order chi connectivity index (χ1) is 11.8. The fraction of sp³-hybridized carbons (Fsp3) is 0.696. The van der Waals surface area contributed by atoms with Gasteiger partial charge in [0.25, 0.3) is 0 Å². The quantitative estimate of drug-likeness (QED) is 0.527. The van der Waals surface area contributed by atoms with Crippen LogP contribution < -0.4 is 5.19 Å². The number of rotatable bonds is 5. The van der Waals surface area contributed by atoms with E-state index in [2.05, 4.69) is 91.1 Å². The zero-order chi connectivity index (χ0) is 19.9. The third-order valence-electron chi connectivity index (χ3n) is 7.90. The molecule has 0 aliphatic heterocycles. The molecular formula is C23H40OSi2. The minimum atomic E-state index is -1.70. The number of Topliss-reactive ketones (excluding diaryl/α,β-unsaturated/α-hetero) is 1. The van der Waals surface area contributed by atoms with Crippen LogP contribution in [-0.4, -0.2) is 21.9 Å². The summed E-state index contributed by atoms with van der Waals surface area (Å²) >= 11 is 0. The summed E-state index contributed by atoms with van der Waals surface area (Å²) in [5.41, 5.74) is 1.34. The minimum absolute atomic E-state index is 0.154. The highest BCUT2D eigenvalue weighted by molar-refractivity contribution is 6.91. The Kier molecular flexibility index (Phi) is 6.14. The van der Waals surface area contributed by atoms with Crippen LogP contribution in [0.15, 0.2) is 30.3 Å². The highest BCUT2D eigenvalue weighted by Crippen LogP contribution is 2.58. The van der Waals surface area contributed by atoms with Crippen molar-refractivity contribution in [2.75, 3.05) is 0 Å². The van der Waals surface area contributed by atoms with Crippen LogP contribution in [0.5, 0.6) is 0 Å². The molecule has 0 N–H and O–H groups in total. The molecule has 1 fully saturated rings. The molecule has 26 heavy (non-hydrogen) atoms. The van der Waals surface area contributed by atoms with Crippen molar-refractivity contribution in [3.05, 3.63) is 30.3 Å². The number of ketones is 1. The first kappa shape index (κ1) is 21.6. The lowest BCUT2D eigenvalue weighted by Crippen LogP contribution is -2.48. The van der Waals surface area contributed by atoms with Gasteiger partial charge in [0.05, 0.1) is 16.1 Å². The number of hydrogen-bond acceptors (Lipinski definition) is 1. The lowest BCUT2D eigenvalue weighted by atomic mass is 9.94. The molecule has 1 aliphatic rings. The molecule has 1 nitrogen and oxygen atoms in total. The molecule has 1 aliphatic carbocycles. The summed E-state index contributed by atoms with van der Waals surface area (Å²) in [5.74, 6) is 0.949. The Morgan fingerprint density at radius 1 is 1.00 bits per heavy atom. The Morgan fingerprint density at radius 2 is 1.54 bits per heavy atom. The summed E-state index contributed by atoms with van der Waals surface area (Å²) in [5, 5.41) is 1.90. The van der Waals surface area contributed by atoms with Gasteiger partial charge in [0.15, 0.2) is 0 Å². The van der Waals surface area contributed by atoms with Gasteiger partial charge in [-0.3, -0.25) is 4.79 Å². The Morgan fingerprint density at radius 3 is 2.00 bits per heavy atom. The number of carbonyl (C=O) groups is 1. The average molecular weight is 389 g/mol. The van der Waals surface area contributed by atoms with Gasteiger partial charge in [-0.15, -0.1) is 0 Å². The molecular weight excluding hydrogens is 348 g/mol. The minimum Gasteiger partial charge on any atom is -0.299 e. The van der Waals surface area contributed by atoms with E-state index in [-0.39, 0.29) is 11.8 Å². The van der Waals surface area contributed by atoms with E-state index in [1.54, 1.807) is 0 Å². The summed E-state index contributed by atoms with van der Waals surface area (Å²) in [7, 11) is -3.14. The van der Waals surface area contributed by atoms with E-state index in [4.69, 9.17) is 0 Å². The van der Waals surface area contributed by atoms with Gasteiger partial charge in [-0.2, -0.15) is 0 Å². The van der Waals surface area contributed by atoms with Crippen LogP contribution in [0.25, 0.3) is 0 Å². The Hall–Kier alpha value is -0.676. The summed E-state index contributed by atoms with van der Waals surface area (Å²) in [6, 6.07) is 11.1. The van der Waals surface area contributed by atoms with E-state index < -0.39 is 16.1 Å². The largest absolute Gasteiger partial charge is 0.299 e. The second-order valence-electron chi connectivity index (χ2n) is 11.0. The number of carbonyl (C=O) groups excluding carboxylic acids is 1. The second-order valence-corrected chi connectivity index (χ2v) is 21.5. The van der Waals surface area contributed by atoms with Crippen LogP contribution >= 0.6 is 0 Å². The maximum absolute atomic E-state index is 13.2. The summed E-state index contributed by atoms with van der Waals surface area (Å²) in [6.07, 6.45) is 2.41. The van der Waals surface area contributed by atoms with E-state index in [0.717, 1.165) is 12.0 Å². The fourth-order valence-electron chi connectivity index (χ4n) is 4.86. The fourth-order valence-corrected chi connectivity index (χ4v) is 11.7. The standard InChI is InChI=1S/C23H40OSi2/c1-17(2)22(24)20-15-19(26(8,9)23(3,4)5)16-21(20)25(6,7)18-13-11-10-12-14-18/h10-14,17,19-21H,15-16H2,1-9H3/t19-,20-,21-/m0/s1. The van der Waals surface area contributed by atoms with Crippen molar-refractivity contribution in [3.8, 4) is 0 Å². The van der Waals surface area contributed by atoms with Gasteiger partial charge in [0, 0.05) is 11.8 Å². The van der Waals surface area contributed by atoms with Crippen molar-refractivity contribution in [2.45, 2.75) is 89.8 Å². The SMILES string of the molecule is CC(C)C(=O)[C@H]1C[C@H]([Si](C)(C)C(C)(C)C)C[C@@H]1[Si](C)(C)c1ccccc1. The van der Waals surface area contributed by atoms with Gasteiger partial charge >= 0.3 is 0 Å². The summed E-state index contributed by atoms with van der Waals surface area (Å²) < 4.78 is 0. The third kappa shape index (κ3) is 3.94. The predicted octanol–water partition coefficient (Wildman–Crippen LogP) is 6.49. The molecule has 146 valence electrons. The van der Waals surface area contributed by atoms with Gasteiger partial charge in [-0.1, -0.05) is 103 Å². The normalized spacial score (nSPS) is 24.9. The van der Waals surface area contributed by atoms with Gasteiger partial charge in [-0.05, 0) is 22.5 Å². The third-order valence-corrected chi connectivity index (χ3v) is 18.6. The van der Waals surface area contributed by atoms with E-state index in [9.17, 15) is 4.79 Å². The van der Waals surface area contributed by atoms with Crippen molar-refractivity contribution in [1.82, 2.24) is 0 Å². The van der Waals surface area contributed by atoms with Crippen molar-refractivity contribution < 1.29 is 4.79 Å². The zero-order valence-corrected chi connectivity index (χ0v) is 20.5. The van der Waals surface area contributed by atoms with Crippen LogP contribution in [0.1, 0.15) is 47.5 Å². The number of benzene rings is 1. The Bertz CT molecular complexity index is 625. The second kappa shape index (κ2) is 7.39. The first-order valence-corrected chi connectivity index (χ1v) is 16.5.